The number of nitro benzene ring substituents is 1. The van der Waals surface area contributed by atoms with E-state index >= 15 is 0 Å². The molecule has 0 saturated carbocycles. The molecule has 98 valence electrons. The summed E-state index contributed by atoms with van der Waals surface area (Å²) in [6, 6.07) is 3.66. The van der Waals surface area contributed by atoms with Gasteiger partial charge in [-0.05, 0) is 6.07 Å². The van der Waals surface area contributed by atoms with E-state index in [1.807, 2.05) is 0 Å². The van der Waals surface area contributed by atoms with Crippen molar-refractivity contribution in [1.29, 1.82) is 0 Å². The number of benzene rings is 1. The van der Waals surface area contributed by atoms with Gasteiger partial charge in [-0.15, -0.1) is 0 Å². The Morgan fingerprint density at radius 3 is 2.95 bits per heavy atom. The Morgan fingerprint density at radius 1 is 1.53 bits per heavy atom. The van der Waals surface area contributed by atoms with Crippen LogP contribution in [-0.4, -0.2) is 26.0 Å². The minimum absolute atomic E-state index is 0.0374. The number of halogens is 1. The Labute approximate surface area is 112 Å². The van der Waals surface area contributed by atoms with Crippen molar-refractivity contribution < 1.29 is 9.72 Å². The molecule has 1 heterocycles. The molecule has 1 aromatic carbocycles. The van der Waals surface area contributed by atoms with E-state index in [1.54, 1.807) is 0 Å². The average molecular weight is 282 g/mol. The van der Waals surface area contributed by atoms with Gasteiger partial charge in [-0.1, -0.05) is 11.6 Å². The molecule has 19 heavy (non-hydrogen) atoms. The zero-order valence-electron chi connectivity index (χ0n) is 9.46. The van der Waals surface area contributed by atoms with E-state index in [2.05, 4.69) is 20.5 Å². The largest absolute Gasteiger partial charge is 0.345 e. The van der Waals surface area contributed by atoms with Gasteiger partial charge in [-0.3, -0.25) is 20.0 Å². The van der Waals surface area contributed by atoms with Gasteiger partial charge in [0.05, 0.1) is 22.1 Å². The molecule has 0 aliphatic carbocycles. The van der Waals surface area contributed by atoms with Crippen molar-refractivity contribution in [3.63, 3.8) is 0 Å². The van der Waals surface area contributed by atoms with Gasteiger partial charge >= 0.3 is 0 Å². The van der Waals surface area contributed by atoms with Crippen LogP contribution in [0.4, 0.5) is 5.69 Å². The van der Waals surface area contributed by atoms with Crippen LogP contribution in [0.15, 0.2) is 24.5 Å². The summed E-state index contributed by atoms with van der Waals surface area (Å²) >= 11 is 5.84. The summed E-state index contributed by atoms with van der Waals surface area (Å²) in [6.07, 6.45) is 1.31. The summed E-state index contributed by atoms with van der Waals surface area (Å²) in [5.74, 6) is -0.0556. The van der Waals surface area contributed by atoms with Gasteiger partial charge in [0, 0.05) is 12.1 Å². The van der Waals surface area contributed by atoms with Crippen LogP contribution in [0, 0.1) is 10.1 Å². The molecule has 0 spiro atoms. The smallest absolute Gasteiger partial charge is 0.270 e. The fourth-order valence-corrected chi connectivity index (χ4v) is 1.58. The number of amides is 1. The van der Waals surface area contributed by atoms with Gasteiger partial charge < -0.3 is 5.32 Å². The predicted octanol–water partition coefficient (Wildman–Crippen LogP) is 1.30. The van der Waals surface area contributed by atoms with E-state index in [4.69, 9.17) is 11.6 Å². The SMILES string of the molecule is O=C(NCc1ncn[nH]1)c1cc([N+](=O)[O-])ccc1Cl. The van der Waals surface area contributed by atoms with Crippen LogP contribution in [0.3, 0.4) is 0 Å². The summed E-state index contributed by atoms with van der Waals surface area (Å²) in [4.78, 5) is 25.7. The normalized spacial score (nSPS) is 10.2. The predicted molar refractivity (Wildman–Crippen MR) is 65.7 cm³/mol. The summed E-state index contributed by atoms with van der Waals surface area (Å²) in [7, 11) is 0. The molecule has 8 nitrogen and oxygen atoms in total. The zero-order valence-corrected chi connectivity index (χ0v) is 10.2. The van der Waals surface area contributed by atoms with Crippen LogP contribution < -0.4 is 5.32 Å². The fourth-order valence-electron chi connectivity index (χ4n) is 1.38. The number of carbonyl (C=O) groups excluding carboxylic acids is 1. The number of carbonyl (C=O) groups is 1. The molecule has 0 fully saturated rings. The second-order valence-corrected chi connectivity index (χ2v) is 3.94. The molecule has 0 aliphatic rings. The molecule has 2 N–H and O–H groups in total. The van der Waals surface area contributed by atoms with Crippen molar-refractivity contribution >= 4 is 23.2 Å². The highest BCUT2D eigenvalue weighted by atomic mass is 35.5. The molecule has 0 radical (unpaired) electrons. The minimum atomic E-state index is -0.594. The lowest BCUT2D eigenvalue weighted by Gasteiger charge is -2.05. The Morgan fingerprint density at radius 2 is 2.32 bits per heavy atom. The lowest BCUT2D eigenvalue weighted by molar-refractivity contribution is -0.384. The minimum Gasteiger partial charge on any atom is -0.345 e. The van der Waals surface area contributed by atoms with Crippen molar-refractivity contribution in [3.8, 4) is 0 Å². The van der Waals surface area contributed by atoms with Crippen LogP contribution in [0.25, 0.3) is 0 Å². The fraction of sp³-hybridized carbons (Fsp3) is 0.100. The number of hydrogen-bond acceptors (Lipinski definition) is 5. The monoisotopic (exact) mass is 281 g/mol. The Hall–Kier alpha value is -2.48. The second kappa shape index (κ2) is 5.44. The van der Waals surface area contributed by atoms with Gasteiger partial charge in [0.1, 0.15) is 12.2 Å². The standard InChI is InChI=1S/C10H8ClN5O3/c11-8-2-1-6(16(18)19)3-7(8)10(17)12-4-9-13-5-14-15-9/h1-3,5H,4H2,(H,12,17)(H,13,14,15). The van der Waals surface area contributed by atoms with E-state index in [1.165, 1.54) is 18.5 Å². The number of hydrogen-bond donors (Lipinski definition) is 2. The summed E-state index contributed by atoms with van der Waals surface area (Å²) < 4.78 is 0. The molecule has 0 aliphatic heterocycles. The molecular formula is C10H8ClN5O3. The third-order valence-corrected chi connectivity index (χ3v) is 2.62. The van der Waals surface area contributed by atoms with Crippen LogP contribution in [0.2, 0.25) is 5.02 Å². The third-order valence-electron chi connectivity index (χ3n) is 2.29. The van der Waals surface area contributed by atoms with Crippen LogP contribution >= 0.6 is 11.6 Å². The van der Waals surface area contributed by atoms with E-state index in [9.17, 15) is 14.9 Å². The van der Waals surface area contributed by atoms with Crippen molar-refractivity contribution in [3.05, 3.63) is 51.1 Å². The van der Waals surface area contributed by atoms with Crippen molar-refractivity contribution in [2.75, 3.05) is 0 Å². The molecule has 1 aromatic heterocycles. The van der Waals surface area contributed by atoms with E-state index in [0.29, 0.717) is 5.82 Å². The summed E-state index contributed by atoms with van der Waals surface area (Å²) in [5.41, 5.74) is -0.162. The van der Waals surface area contributed by atoms with Crippen molar-refractivity contribution in [1.82, 2.24) is 20.5 Å². The molecule has 9 heteroatoms. The first kappa shape index (κ1) is 13.0. The number of nitrogens with one attached hydrogen (secondary N) is 2. The van der Waals surface area contributed by atoms with Crippen molar-refractivity contribution in [2.24, 2.45) is 0 Å². The molecule has 0 atom stereocenters. The molecule has 1 amide bonds. The number of rotatable bonds is 4. The number of non-ortho nitro benzene ring substituents is 1. The van der Waals surface area contributed by atoms with Crippen molar-refractivity contribution in [2.45, 2.75) is 6.54 Å². The van der Waals surface area contributed by atoms with Gasteiger partial charge in [-0.2, -0.15) is 5.10 Å². The molecule has 2 aromatic rings. The maximum atomic E-state index is 11.9. The van der Waals surface area contributed by atoms with Gasteiger partial charge in [0.25, 0.3) is 11.6 Å². The highest BCUT2D eigenvalue weighted by Crippen LogP contribution is 2.21. The highest BCUT2D eigenvalue weighted by Gasteiger charge is 2.15. The topological polar surface area (TPSA) is 114 Å². The van der Waals surface area contributed by atoms with Crippen LogP contribution in [0.1, 0.15) is 16.2 Å². The first-order chi connectivity index (χ1) is 9.08. The van der Waals surface area contributed by atoms with Gasteiger partial charge in [0.15, 0.2) is 0 Å². The van der Waals surface area contributed by atoms with E-state index < -0.39 is 10.8 Å². The molecule has 0 unspecified atom stereocenters. The summed E-state index contributed by atoms with van der Waals surface area (Å²) in [5, 5.41) is 19.5. The quantitative estimate of drug-likeness (QED) is 0.647. The molecule has 0 saturated heterocycles. The summed E-state index contributed by atoms with van der Waals surface area (Å²) in [6.45, 7) is 0.123. The van der Waals surface area contributed by atoms with Gasteiger partial charge in [0.2, 0.25) is 0 Å². The lowest BCUT2D eigenvalue weighted by Crippen LogP contribution is -2.23. The number of aromatic amines is 1. The lowest BCUT2D eigenvalue weighted by atomic mass is 10.2. The first-order valence-electron chi connectivity index (χ1n) is 5.14. The average Bonchev–Trinajstić information content (AvgIpc) is 2.89. The molecule has 2 rings (SSSR count). The van der Waals surface area contributed by atoms with Gasteiger partial charge in [-0.25, -0.2) is 4.98 Å². The highest BCUT2D eigenvalue weighted by molar-refractivity contribution is 6.33. The number of aromatic nitrogens is 3. The van der Waals surface area contributed by atoms with E-state index in [0.717, 1.165) is 6.07 Å². The maximum Gasteiger partial charge on any atom is 0.270 e. The van der Waals surface area contributed by atoms with E-state index in [-0.39, 0.29) is 22.8 Å². The Balaban J connectivity index is 2.14. The molecular weight excluding hydrogens is 274 g/mol. The van der Waals surface area contributed by atoms with Crippen LogP contribution in [0.5, 0.6) is 0 Å². The Kier molecular flexibility index (Phi) is 3.71. The maximum absolute atomic E-state index is 11.9. The Bertz CT molecular complexity index is 614. The number of nitro groups is 1. The molecule has 0 bridgehead atoms. The first-order valence-corrected chi connectivity index (χ1v) is 5.52. The van der Waals surface area contributed by atoms with Crippen LogP contribution in [-0.2, 0) is 6.54 Å². The number of nitrogens with zero attached hydrogens (tertiary/aromatic N) is 3. The second-order valence-electron chi connectivity index (χ2n) is 3.54. The zero-order chi connectivity index (χ0) is 13.8. The number of H-pyrrole nitrogens is 1. The third kappa shape index (κ3) is 3.05.